The Morgan fingerprint density at radius 2 is 1.61 bits per heavy atom. The van der Waals surface area contributed by atoms with E-state index in [4.69, 9.17) is 4.74 Å². The summed E-state index contributed by atoms with van der Waals surface area (Å²) in [5.74, 6) is -0.908. The lowest BCUT2D eigenvalue weighted by atomic mass is 10.1. The van der Waals surface area contributed by atoms with Crippen molar-refractivity contribution in [2.45, 2.75) is 45.4 Å². The number of carbonyl (C=O) groups is 3. The van der Waals surface area contributed by atoms with E-state index in [9.17, 15) is 27.6 Å². The zero-order valence-corrected chi connectivity index (χ0v) is 17.9. The molecule has 0 spiro atoms. The molecule has 1 heterocycles. The predicted octanol–water partition coefficient (Wildman–Crippen LogP) is 3.29. The summed E-state index contributed by atoms with van der Waals surface area (Å²) in [6.45, 7) is 6.29. The number of carbonyl (C=O) groups excluding carboxylic acids is 3. The summed E-state index contributed by atoms with van der Waals surface area (Å²) >= 11 is 0. The number of rotatable bonds is 4. The summed E-state index contributed by atoms with van der Waals surface area (Å²) in [5, 5.41) is 2.51. The first-order chi connectivity index (χ1) is 14.4. The molecule has 2 rings (SSSR count). The summed E-state index contributed by atoms with van der Waals surface area (Å²) < 4.78 is 44.8. The maximum atomic E-state index is 13.2. The Balaban J connectivity index is 1.90. The second-order valence-electron chi connectivity index (χ2n) is 8.25. The fourth-order valence-corrected chi connectivity index (χ4v) is 3.20. The maximum absolute atomic E-state index is 13.2. The van der Waals surface area contributed by atoms with E-state index in [0.29, 0.717) is 13.0 Å². The minimum atomic E-state index is -4.62. The lowest BCUT2D eigenvalue weighted by molar-refractivity contribution is -0.138. The molecule has 0 unspecified atom stereocenters. The van der Waals surface area contributed by atoms with E-state index < -0.39 is 34.9 Å². The van der Waals surface area contributed by atoms with Gasteiger partial charge in [-0.25, -0.2) is 4.79 Å². The highest BCUT2D eigenvalue weighted by Gasteiger charge is 2.36. The van der Waals surface area contributed by atoms with Crippen LogP contribution in [0.1, 0.15) is 49.5 Å². The van der Waals surface area contributed by atoms with Gasteiger partial charge in [-0.15, -0.1) is 0 Å². The van der Waals surface area contributed by atoms with Crippen LogP contribution in [0.2, 0.25) is 0 Å². The molecule has 1 aromatic carbocycles. The number of nitrogens with one attached hydrogen (secondary N) is 1. The molecule has 0 saturated carbocycles. The summed E-state index contributed by atoms with van der Waals surface area (Å²) in [4.78, 5) is 39.7. The van der Waals surface area contributed by atoms with Gasteiger partial charge in [0.05, 0.1) is 11.1 Å². The zero-order valence-electron chi connectivity index (χ0n) is 17.9. The van der Waals surface area contributed by atoms with Crippen molar-refractivity contribution in [1.82, 2.24) is 15.1 Å². The summed E-state index contributed by atoms with van der Waals surface area (Å²) in [5.41, 5.74) is -2.00. The lowest BCUT2D eigenvalue weighted by Crippen LogP contribution is -2.39. The number of benzene rings is 1. The van der Waals surface area contributed by atoms with E-state index in [0.717, 1.165) is 6.07 Å². The molecule has 1 aliphatic rings. The molecule has 172 valence electrons. The molecule has 31 heavy (non-hydrogen) atoms. The van der Waals surface area contributed by atoms with Crippen LogP contribution in [0.3, 0.4) is 0 Å². The number of alkyl halides is 3. The monoisotopic (exact) mass is 443 g/mol. The fourth-order valence-electron chi connectivity index (χ4n) is 3.20. The Morgan fingerprint density at radius 1 is 1.00 bits per heavy atom. The number of hydrogen-bond donors (Lipinski definition) is 1. The van der Waals surface area contributed by atoms with Gasteiger partial charge in [-0.3, -0.25) is 9.59 Å². The SMILES string of the molecule is CC(C)(C)OC(=O)NCCC(=O)N1CCCN(C(=O)c2ccccc2C(F)(F)F)CC1. The summed E-state index contributed by atoms with van der Waals surface area (Å²) in [6, 6.07) is 4.70. The smallest absolute Gasteiger partial charge is 0.417 e. The summed E-state index contributed by atoms with van der Waals surface area (Å²) in [6.07, 6.45) is -4.73. The standard InChI is InChI=1S/C21H28F3N3O4/c1-20(2,3)31-19(30)25-10-9-17(28)26-11-6-12-27(14-13-26)18(29)15-7-4-5-8-16(15)21(22,23)24/h4-5,7-8H,6,9-14H2,1-3H3,(H,25,30). The average Bonchev–Trinajstić information content (AvgIpc) is 2.91. The van der Waals surface area contributed by atoms with Gasteiger partial charge in [-0.2, -0.15) is 13.2 Å². The van der Waals surface area contributed by atoms with E-state index in [2.05, 4.69) is 5.32 Å². The van der Waals surface area contributed by atoms with Gasteiger partial charge in [0, 0.05) is 39.1 Å². The number of amides is 3. The first kappa shape index (κ1) is 24.5. The van der Waals surface area contributed by atoms with E-state index >= 15 is 0 Å². The number of alkyl carbamates (subject to hydrolysis) is 1. The van der Waals surface area contributed by atoms with Crippen molar-refractivity contribution in [3.05, 3.63) is 35.4 Å². The van der Waals surface area contributed by atoms with Crippen LogP contribution >= 0.6 is 0 Å². The third kappa shape index (κ3) is 7.45. The van der Waals surface area contributed by atoms with E-state index in [1.165, 1.54) is 23.1 Å². The van der Waals surface area contributed by atoms with Crippen LogP contribution in [-0.2, 0) is 15.7 Å². The Kier molecular flexibility index (Phi) is 7.91. The molecule has 0 radical (unpaired) electrons. The highest BCUT2D eigenvalue weighted by atomic mass is 19.4. The largest absolute Gasteiger partial charge is 0.444 e. The van der Waals surface area contributed by atoms with Crippen LogP contribution < -0.4 is 5.32 Å². The normalized spacial score (nSPS) is 15.3. The van der Waals surface area contributed by atoms with Gasteiger partial charge >= 0.3 is 12.3 Å². The molecule has 1 aliphatic heterocycles. The molecule has 0 bridgehead atoms. The Bertz CT molecular complexity index is 806. The third-order valence-corrected chi connectivity index (χ3v) is 4.61. The van der Waals surface area contributed by atoms with Gasteiger partial charge in [-0.05, 0) is 39.3 Å². The van der Waals surface area contributed by atoms with E-state index in [1.54, 1.807) is 25.7 Å². The van der Waals surface area contributed by atoms with Gasteiger partial charge in [0.25, 0.3) is 5.91 Å². The van der Waals surface area contributed by atoms with E-state index in [1.807, 2.05) is 0 Å². The predicted molar refractivity (Wildman–Crippen MR) is 107 cm³/mol. The van der Waals surface area contributed by atoms with Crippen molar-refractivity contribution in [1.29, 1.82) is 0 Å². The van der Waals surface area contributed by atoms with E-state index in [-0.39, 0.29) is 38.5 Å². The minimum absolute atomic E-state index is 0.0596. The van der Waals surface area contributed by atoms with Crippen LogP contribution in [0, 0.1) is 0 Å². The Hall–Kier alpha value is -2.78. The first-order valence-electron chi connectivity index (χ1n) is 10.1. The molecule has 0 aromatic heterocycles. The van der Waals surface area contributed by atoms with Crippen molar-refractivity contribution in [3.63, 3.8) is 0 Å². The third-order valence-electron chi connectivity index (χ3n) is 4.61. The highest BCUT2D eigenvalue weighted by molar-refractivity contribution is 5.96. The molecular weight excluding hydrogens is 415 g/mol. The van der Waals surface area contributed by atoms with Gasteiger partial charge in [0.15, 0.2) is 0 Å². The molecule has 1 saturated heterocycles. The molecule has 0 aliphatic carbocycles. The average molecular weight is 443 g/mol. The molecule has 1 aromatic rings. The molecule has 1 N–H and O–H groups in total. The molecule has 10 heteroatoms. The Morgan fingerprint density at radius 3 is 2.26 bits per heavy atom. The number of hydrogen-bond acceptors (Lipinski definition) is 4. The van der Waals surface area contributed by atoms with Gasteiger partial charge in [0.2, 0.25) is 5.91 Å². The van der Waals surface area contributed by atoms with Gasteiger partial charge in [0.1, 0.15) is 5.60 Å². The molecular formula is C21H28F3N3O4. The second kappa shape index (κ2) is 10.0. The van der Waals surface area contributed by atoms with Crippen LogP contribution in [0.4, 0.5) is 18.0 Å². The highest BCUT2D eigenvalue weighted by Crippen LogP contribution is 2.32. The number of nitrogens with zero attached hydrogens (tertiary/aromatic N) is 2. The van der Waals surface area contributed by atoms with Crippen molar-refractivity contribution >= 4 is 17.9 Å². The van der Waals surface area contributed by atoms with Crippen LogP contribution in [0.25, 0.3) is 0 Å². The number of halogens is 3. The van der Waals surface area contributed by atoms with Gasteiger partial charge in [-0.1, -0.05) is 12.1 Å². The molecule has 0 atom stereocenters. The number of ether oxygens (including phenoxy) is 1. The van der Waals surface area contributed by atoms with Crippen molar-refractivity contribution in [2.24, 2.45) is 0 Å². The van der Waals surface area contributed by atoms with Crippen molar-refractivity contribution < 1.29 is 32.3 Å². The minimum Gasteiger partial charge on any atom is -0.444 e. The first-order valence-corrected chi connectivity index (χ1v) is 10.1. The van der Waals surface area contributed by atoms with Crippen molar-refractivity contribution in [2.75, 3.05) is 32.7 Å². The van der Waals surface area contributed by atoms with Gasteiger partial charge < -0.3 is 19.9 Å². The fraction of sp³-hybridized carbons (Fsp3) is 0.571. The van der Waals surface area contributed by atoms with Crippen LogP contribution in [0.5, 0.6) is 0 Å². The second-order valence-corrected chi connectivity index (χ2v) is 8.25. The molecule has 7 nitrogen and oxygen atoms in total. The quantitative estimate of drug-likeness (QED) is 0.775. The Labute approximate surface area is 179 Å². The zero-order chi connectivity index (χ0) is 23.2. The van der Waals surface area contributed by atoms with Crippen LogP contribution in [0.15, 0.2) is 24.3 Å². The lowest BCUT2D eigenvalue weighted by Gasteiger charge is -2.23. The summed E-state index contributed by atoms with van der Waals surface area (Å²) in [7, 11) is 0. The maximum Gasteiger partial charge on any atom is 0.417 e. The molecule has 3 amide bonds. The van der Waals surface area contributed by atoms with Crippen molar-refractivity contribution in [3.8, 4) is 0 Å². The molecule has 1 fully saturated rings. The van der Waals surface area contributed by atoms with Crippen LogP contribution in [-0.4, -0.2) is 66.0 Å². The topological polar surface area (TPSA) is 79.0 Å².